The van der Waals surface area contributed by atoms with Crippen LogP contribution >= 0.6 is 0 Å². The molecule has 0 bridgehead atoms. The van der Waals surface area contributed by atoms with E-state index >= 15 is 0 Å². The summed E-state index contributed by atoms with van der Waals surface area (Å²) in [6.45, 7) is 2.51. The van der Waals surface area contributed by atoms with Crippen molar-refractivity contribution in [2.45, 2.75) is 6.92 Å². The van der Waals surface area contributed by atoms with Gasteiger partial charge in [0.2, 0.25) is 0 Å². The third-order valence-corrected chi connectivity index (χ3v) is 3.06. The summed E-state index contributed by atoms with van der Waals surface area (Å²) in [6.07, 6.45) is 2.99. The molecule has 0 N–H and O–H groups in total. The van der Waals surface area contributed by atoms with Crippen molar-refractivity contribution in [2.75, 3.05) is 13.7 Å². The number of ether oxygens (including phenoxy) is 2. The minimum Gasteiger partial charge on any atom is -0.497 e. The molecule has 0 unspecified atom stereocenters. The van der Waals surface area contributed by atoms with Gasteiger partial charge in [-0.2, -0.15) is 0 Å². The Kier molecular flexibility index (Phi) is 5.31. The molecule has 0 aliphatic heterocycles. The number of hydrogen-bond acceptors (Lipinski definition) is 3. The van der Waals surface area contributed by atoms with Crippen LogP contribution in [0.5, 0.6) is 11.5 Å². The molecule has 0 aliphatic rings. The lowest BCUT2D eigenvalue weighted by Gasteiger charge is -2.03. The Morgan fingerprint density at radius 1 is 1.14 bits per heavy atom. The Bertz CT molecular complexity index is 675. The third-order valence-electron chi connectivity index (χ3n) is 3.06. The first kappa shape index (κ1) is 15.8. The van der Waals surface area contributed by atoms with E-state index < -0.39 is 11.6 Å². The second-order valence-electron chi connectivity index (χ2n) is 4.55. The number of benzene rings is 2. The van der Waals surface area contributed by atoms with Gasteiger partial charge in [0.05, 0.1) is 19.3 Å². The second kappa shape index (κ2) is 7.41. The zero-order chi connectivity index (χ0) is 15.9. The Morgan fingerprint density at radius 2 is 1.82 bits per heavy atom. The van der Waals surface area contributed by atoms with Crippen molar-refractivity contribution in [1.29, 1.82) is 0 Å². The predicted molar refractivity (Wildman–Crippen MR) is 83.9 cm³/mol. The number of methoxy groups -OCH3 is 1. The highest BCUT2D eigenvalue weighted by Crippen LogP contribution is 2.18. The lowest BCUT2D eigenvalue weighted by atomic mass is 10.1. The average molecular weight is 300 g/mol. The van der Waals surface area contributed by atoms with Crippen molar-refractivity contribution in [1.82, 2.24) is 0 Å². The maximum absolute atomic E-state index is 13.8. The molecular formula is C18H17FO3. The van der Waals surface area contributed by atoms with E-state index in [1.807, 2.05) is 31.2 Å². The number of allylic oxidation sites excluding steroid dienone is 1. The van der Waals surface area contributed by atoms with Gasteiger partial charge >= 0.3 is 0 Å². The highest BCUT2D eigenvalue weighted by atomic mass is 19.1. The molecule has 0 radical (unpaired) electrons. The van der Waals surface area contributed by atoms with E-state index in [2.05, 4.69) is 0 Å². The van der Waals surface area contributed by atoms with Crippen molar-refractivity contribution < 1.29 is 18.7 Å². The monoisotopic (exact) mass is 300 g/mol. The van der Waals surface area contributed by atoms with Gasteiger partial charge in [-0.15, -0.1) is 0 Å². The van der Waals surface area contributed by atoms with Crippen LogP contribution in [0.15, 0.2) is 48.5 Å². The quantitative estimate of drug-likeness (QED) is 0.594. The molecule has 0 fully saturated rings. The summed E-state index contributed by atoms with van der Waals surface area (Å²) in [7, 11) is 1.45. The molecule has 2 aromatic carbocycles. The van der Waals surface area contributed by atoms with Crippen LogP contribution < -0.4 is 9.47 Å². The molecule has 0 spiro atoms. The molecule has 0 saturated heterocycles. The molecule has 114 valence electrons. The van der Waals surface area contributed by atoms with Gasteiger partial charge in [0.15, 0.2) is 5.78 Å². The summed E-state index contributed by atoms with van der Waals surface area (Å²) in [5.74, 6) is 0.159. The zero-order valence-electron chi connectivity index (χ0n) is 12.5. The Hall–Kier alpha value is -2.62. The molecule has 0 aromatic heterocycles. The van der Waals surface area contributed by atoms with Crippen LogP contribution in [-0.4, -0.2) is 19.5 Å². The third kappa shape index (κ3) is 3.95. The first-order valence-electron chi connectivity index (χ1n) is 6.93. The van der Waals surface area contributed by atoms with Crippen LogP contribution in [0, 0.1) is 5.82 Å². The smallest absolute Gasteiger partial charge is 0.188 e. The van der Waals surface area contributed by atoms with Crippen molar-refractivity contribution in [3.63, 3.8) is 0 Å². The van der Waals surface area contributed by atoms with Gasteiger partial charge in [0.25, 0.3) is 0 Å². The van der Waals surface area contributed by atoms with E-state index in [1.54, 1.807) is 12.1 Å². The van der Waals surface area contributed by atoms with E-state index in [4.69, 9.17) is 9.47 Å². The first-order valence-corrected chi connectivity index (χ1v) is 6.93. The van der Waals surface area contributed by atoms with E-state index in [-0.39, 0.29) is 5.56 Å². The molecule has 2 aromatic rings. The van der Waals surface area contributed by atoms with E-state index in [1.165, 1.54) is 25.3 Å². The van der Waals surface area contributed by atoms with E-state index in [9.17, 15) is 9.18 Å². The maximum atomic E-state index is 13.8. The molecule has 4 heteroatoms. The van der Waals surface area contributed by atoms with E-state index in [0.29, 0.717) is 12.4 Å². The van der Waals surface area contributed by atoms with Crippen molar-refractivity contribution in [3.05, 3.63) is 65.5 Å². The Morgan fingerprint density at radius 3 is 2.41 bits per heavy atom. The lowest BCUT2D eigenvalue weighted by Crippen LogP contribution is -1.99. The fraction of sp³-hybridized carbons (Fsp3) is 0.167. The van der Waals surface area contributed by atoms with Crippen LogP contribution in [0.1, 0.15) is 22.8 Å². The molecule has 0 amide bonds. The normalized spacial score (nSPS) is 10.7. The largest absolute Gasteiger partial charge is 0.497 e. The molecule has 0 aliphatic carbocycles. The average Bonchev–Trinajstić information content (AvgIpc) is 2.54. The van der Waals surface area contributed by atoms with Gasteiger partial charge in [-0.1, -0.05) is 18.2 Å². The fourth-order valence-corrected chi connectivity index (χ4v) is 1.93. The molecule has 0 atom stereocenters. The lowest BCUT2D eigenvalue weighted by molar-refractivity contribution is 0.104. The number of rotatable bonds is 6. The summed E-state index contributed by atoms with van der Waals surface area (Å²) in [5.41, 5.74) is 0.855. The van der Waals surface area contributed by atoms with Gasteiger partial charge in [-0.3, -0.25) is 4.79 Å². The van der Waals surface area contributed by atoms with Crippen LogP contribution in [0.4, 0.5) is 4.39 Å². The number of carbonyl (C=O) groups is 1. The highest BCUT2D eigenvalue weighted by Gasteiger charge is 2.09. The summed E-state index contributed by atoms with van der Waals surface area (Å²) in [6, 6.07) is 11.5. The van der Waals surface area contributed by atoms with Crippen LogP contribution in [0.2, 0.25) is 0 Å². The Balaban J connectivity index is 2.10. The first-order chi connectivity index (χ1) is 10.6. The van der Waals surface area contributed by atoms with Gasteiger partial charge in [-0.05, 0) is 42.8 Å². The number of ketones is 1. The minimum atomic E-state index is -0.597. The van der Waals surface area contributed by atoms with Crippen molar-refractivity contribution in [2.24, 2.45) is 0 Å². The summed E-state index contributed by atoms with van der Waals surface area (Å²) < 4.78 is 24.0. The van der Waals surface area contributed by atoms with Gasteiger partial charge in [0.1, 0.15) is 17.3 Å². The Labute approximate surface area is 129 Å². The molecule has 2 rings (SSSR count). The SMILES string of the molecule is CCOc1ccc(/C=C/C(=O)c2ccc(OC)cc2F)cc1. The van der Waals surface area contributed by atoms with Crippen LogP contribution in [0.3, 0.4) is 0 Å². The van der Waals surface area contributed by atoms with Gasteiger partial charge < -0.3 is 9.47 Å². The number of halogens is 1. The van der Waals surface area contributed by atoms with Gasteiger partial charge in [0, 0.05) is 6.07 Å². The summed E-state index contributed by atoms with van der Waals surface area (Å²) in [4.78, 5) is 12.0. The van der Waals surface area contributed by atoms with Gasteiger partial charge in [-0.25, -0.2) is 4.39 Å². The highest BCUT2D eigenvalue weighted by molar-refractivity contribution is 6.07. The topological polar surface area (TPSA) is 35.5 Å². The van der Waals surface area contributed by atoms with Crippen LogP contribution in [-0.2, 0) is 0 Å². The fourth-order valence-electron chi connectivity index (χ4n) is 1.93. The standard InChI is InChI=1S/C18H17FO3/c1-3-22-14-7-4-13(5-8-14)6-11-18(20)16-10-9-15(21-2)12-17(16)19/h4-12H,3H2,1-2H3/b11-6+. The molecule has 0 saturated carbocycles. The molecule has 22 heavy (non-hydrogen) atoms. The maximum Gasteiger partial charge on any atom is 0.188 e. The second-order valence-corrected chi connectivity index (χ2v) is 4.55. The number of hydrogen-bond donors (Lipinski definition) is 0. The molecule has 3 nitrogen and oxygen atoms in total. The van der Waals surface area contributed by atoms with Crippen molar-refractivity contribution >= 4 is 11.9 Å². The molecular weight excluding hydrogens is 283 g/mol. The summed E-state index contributed by atoms with van der Waals surface area (Å²) in [5, 5.41) is 0. The predicted octanol–water partition coefficient (Wildman–Crippen LogP) is 4.13. The number of carbonyl (C=O) groups excluding carboxylic acids is 1. The van der Waals surface area contributed by atoms with E-state index in [0.717, 1.165) is 11.3 Å². The van der Waals surface area contributed by atoms with Crippen LogP contribution in [0.25, 0.3) is 6.08 Å². The zero-order valence-corrected chi connectivity index (χ0v) is 12.5. The summed E-state index contributed by atoms with van der Waals surface area (Å²) >= 11 is 0. The minimum absolute atomic E-state index is 0.0167. The van der Waals surface area contributed by atoms with Crippen molar-refractivity contribution in [3.8, 4) is 11.5 Å². The molecule has 0 heterocycles.